The maximum atomic E-state index is 8.96. The van der Waals surface area contributed by atoms with Crippen LogP contribution in [-0.2, 0) is 0 Å². The first kappa shape index (κ1) is 8.35. The predicted octanol–water partition coefficient (Wildman–Crippen LogP) is 2.32. The van der Waals surface area contributed by atoms with E-state index in [1.165, 1.54) is 0 Å². The Balaban J connectivity index is 2.93. The van der Waals surface area contributed by atoms with Gasteiger partial charge >= 0.3 is 0 Å². The molecule has 1 aromatic rings. The van der Waals surface area contributed by atoms with Crippen LogP contribution in [0.25, 0.3) is 6.08 Å². The topological polar surface area (TPSA) is 44.0 Å². The molecule has 0 spiro atoms. The summed E-state index contributed by atoms with van der Waals surface area (Å²) < 4.78 is 0. The second-order valence-electron chi connectivity index (χ2n) is 2.53. The SMILES string of the molecule is C/C(C#N)=C/c1ccc(O)cc1. The summed E-state index contributed by atoms with van der Waals surface area (Å²) in [4.78, 5) is 0. The lowest BCUT2D eigenvalue weighted by Gasteiger charge is -1.93. The van der Waals surface area contributed by atoms with E-state index in [1.807, 2.05) is 6.07 Å². The van der Waals surface area contributed by atoms with Gasteiger partial charge in [-0.15, -0.1) is 0 Å². The third-order valence-corrected chi connectivity index (χ3v) is 1.45. The highest BCUT2D eigenvalue weighted by Gasteiger charge is 1.89. The van der Waals surface area contributed by atoms with Gasteiger partial charge in [0, 0.05) is 5.57 Å². The van der Waals surface area contributed by atoms with Gasteiger partial charge in [-0.2, -0.15) is 5.26 Å². The van der Waals surface area contributed by atoms with Gasteiger partial charge in [0.1, 0.15) is 5.75 Å². The van der Waals surface area contributed by atoms with Crippen molar-refractivity contribution in [3.05, 3.63) is 35.4 Å². The zero-order chi connectivity index (χ0) is 8.97. The Labute approximate surface area is 71.4 Å². The first-order valence-corrected chi connectivity index (χ1v) is 3.60. The molecule has 0 atom stereocenters. The number of phenolic OH excluding ortho intramolecular Hbond substituents is 1. The third kappa shape index (κ3) is 2.14. The molecule has 2 heteroatoms. The van der Waals surface area contributed by atoms with E-state index >= 15 is 0 Å². The molecule has 1 aromatic carbocycles. The quantitative estimate of drug-likeness (QED) is 0.639. The minimum Gasteiger partial charge on any atom is -0.508 e. The average molecular weight is 159 g/mol. The highest BCUT2D eigenvalue weighted by Crippen LogP contribution is 2.12. The monoisotopic (exact) mass is 159 g/mol. The van der Waals surface area contributed by atoms with Crippen LogP contribution >= 0.6 is 0 Å². The van der Waals surface area contributed by atoms with Crippen LogP contribution in [0.2, 0.25) is 0 Å². The summed E-state index contributed by atoms with van der Waals surface area (Å²) in [6, 6.07) is 8.73. The molecule has 0 aliphatic carbocycles. The van der Waals surface area contributed by atoms with Gasteiger partial charge in [-0.25, -0.2) is 0 Å². The van der Waals surface area contributed by atoms with Crippen LogP contribution in [0.5, 0.6) is 5.75 Å². The van der Waals surface area contributed by atoms with E-state index in [4.69, 9.17) is 10.4 Å². The second-order valence-corrected chi connectivity index (χ2v) is 2.53. The molecule has 0 heterocycles. The summed E-state index contributed by atoms with van der Waals surface area (Å²) in [7, 11) is 0. The van der Waals surface area contributed by atoms with Crippen molar-refractivity contribution >= 4 is 6.08 Å². The fourth-order valence-electron chi connectivity index (χ4n) is 0.853. The fraction of sp³-hybridized carbons (Fsp3) is 0.100. The molecular weight excluding hydrogens is 150 g/mol. The van der Waals surface area contributed by atoms with Gasteiger partial charge in [-0.3, -0.25) is 0 Å². The van der Waals surface area contributed by atoms with E-state index in [1.54, 1.807) is 37.3 Å². The molecule has 0 amide bonds. The molecule has 0 unspecified atom stereocenters. The van der Waals surface area contributed by atoms with Gasteiger partial charge in [-0.1, -0.05) is 12.1 Å². The molecule has 0 aliphatic heterocycles. The Morgan fingerprint density at radius 2 is 2.00 bits per heavy atom. The van der Waals surface area contributed by atoms with Crippen molar-refractivity contribution in [1.29, 1.82) is 5.26 Å². The zero-order valence-corrected chi connectivity index (χ0v) is 6.78. The Hall–Kier alpha value is -1.75. The number of allylic oxidation sites excluding steroid dienone is 1. The van der Waals surface area contributed by atoms with Gasteiger partial charge in [0.05, 0.1) is 6.07 Å². The Kier molecular flexibility index (Phi) is 2.49. The lowest BCUT2D eigenvalue weighted by molar-refractivity contribution is 0.475. The molecule has 12 heavy (non-hydrogen) atoms. The lowest BCUT2D eigenvalue weighted by atomic mass is 10.1. The van der Waals surface area contributed by atoms with E-state index in [-0.39, 0.29) is 5.75 Å². The largest absolute Gasteiger partial charge is 0.508 e. The first-order valence-electron chi connectivity index (χ1n) is 3.60. The average Bonchev–Trinajstić information content (AvgIpc) is 2.09. The zero-order valence-electron chi connectivity index (χ0n) is 6.78. The minimum atomic E-state index is 0.238. The van der Waals surface area contributed by atoms with Gasteiger partial charge in [-0.05, 0) is 30.7 Å². The smallest absolute Gasteiger partial charge is 0.115 e. The molecule has 2 nitrogen and oxygen atoms in total. The molecule has 1 N–H and O–H groups in total. The summed E-state index contributed by atoms with van der Waals surface area (Å²) in [6.07, 6.45) is 1.76. The van der Waals surface area contributed by atoms with Crippen molar-refractivity contribution in [1.82, 2.24) is 0 Å². The van der Waals surface area contributed by atoms with Crippen LogP contribution in [0.3, 0.4) is 0 Å². The maximum Gasteiger partial charge on any atom is 0.115 e. The van der Waals surface area contributed by atoms with E-state index in [0.29, 0.717) is 5.57 Å². The minimum absolute atomic E-state index is 0.238. The molecule has 0 saturated carbocycles. The summed E-state index contributed by atoms with van der Waals surface area (Å²) in [5.41, 5.74) is 1.58. The van der Waals surface area contributed by atoms with Crippen molar-refractivity contribution in [2.24, 2.45) is 0 Å². The number of aromatic hydroxyl groups is 1. The Morgan fingerprint density at radius 3 is 2.50 bits per heavy atom. The van der Waals surface area contributed by atoms with Crippen LogP contribution in [0, 0.1) is 11.3 Å². The number of rotatable bonds is 1. The van der Waals surface area contributed by atoms with Crippen molar-refractivity contribution in [3.8, 4) is 11.8 Å². The molecule has 0 fully saturated rings. The molecule has 0 bridgehead atoms. The number of nitriles is 1. The number of hydrogen-bond acceptors (Lipinski definition) is 2. The number of hydrogen-bond donors (Lipinski definition) is 1. The highest BCUT2D eigenvalue weighted by molar-refractivity contribution is 5.56. The van der Waals surface area contributed by atoms with Crippen molar-refractivity contribution in [2.75, 3.05) is 0 Å². The molecule has 0 saturated heterocycles. The molecule has 0 radical (unpaired) electrons. The number of nitrogens with zero attached hydrogens (tertiary/aromatic N) is 1. The normalized spacial score (nSPS) is 10.8. The standard InChI is InChI=1S/C10H9NO/c1-8(7-11)6-9-2-4-10(12)5-3-9/h2-6,12H,1H3/b8-6-. The van der Waals surface area contributed by atoms with Crippen LogP contribution in [0.1, 0.15) is 12.5 Å². The van der Waals surface area contributed by atoms with Gasteiger partial charge in [0.25, 0.3) is 0 Å². The van der Waals surface area contributed by atoms with Gasteiger partial charge in [0.2, 0.25) is 0 Å². The molecule has 1 rings (SSSR count). The van der Waals surface area contributed by atoms with Gasteiger partial charge < -0.3 is 5.11 Å². The summed E-state index contributed by atoms with van der Waals surface area (Å²) in [5, 5.41) is 17.4. The van der Waals surface area contributed by atoms with Crippen LogP contribution in [0.4, 0.5) is 0 Å². The predicted molar refractivity (Wildman–Crippen MR) is 47.4 cm³/mol. The third-order valence-electron chi connectivity index (χ3n) is 1.45. The van der Waals surface area contributed by atoms with E-state index in [9.17, 15) is 0 Å². The molecule has 60 valence electrons. The molecule has 0 aromatic heterocycles. The summed E-state index contributed by atoms with van der Waals surface area (Å²) in [5.74, 6) is 0.238. The highest BCUT2D eigenvalue weighted by atomic mass is 16.3. The van der Waals surface area contributed by atoms with E-state index < -0.39 is 0 Å². The van der Waals surface area contributed by atoms with E-state index in [2.05, 4.69) is 0 Å². The van der Waals surface area contributed by atoms with Crippen molar-refractivity contribution < 1.29 is 5.11 Å². The fourth-order valence-corrected chi connectivity index (χ4v) is 0.853. The summed E-state index contributed by atoms with van der Waals surface area (Å²) in [6.45, 7) is 1.74. The Morgan fingerprint density at radius 1 is 1.42 bits per heavy atom. The van der Waals surface area contributed by atoms with Crippen molar-refractivity contribution in [3.63, 3.8) is 0 Å². The first-order chi connectivity index (χ1) is 5.72. The molecular formula is C10H9NO. The second kappa shape index (κ2) is 3.59. The van der Waals surface area contributed by atoms with Crippen LogP contribution < -0.4 is 0 Å². The van der Waals surface area contributed by atoms with Crippen LogP contribution in [-0.4, -0.2) is 5.11 Å². The van der Waals surface area contributed by atoms with E-state index in [0.717, 1.165) is 5.56 Å². The van der Waals surface area contributed by atoms with Crippen molar-refractivity contribution in [2.45, 2.75) is 6.92 Å². The lowest BCUT2D eigenvalue weighted by Crippen LogP contribution is -1.72. The number of phenols is 1. The summed E-state index contributed by atoms with van der Waals surface area (Å²) >= 11 is 0. The number of benzene rings is 1. The van der Waals surface area contributed by atoms with Crippen LogP contribution in [0.15, 0.2) is 29.8 Å². The van der Waals surface area contributed by atoms with Gasteiger partial charge in [0.15, 0.2) is 0 Å². The maximum absolute atomic E-state index is 8.96. The Bertz CT molecular complexity index is 330. The molecule has 0 aliphatic rings.